The van der Waals surface area contributed by atoms with Crippen molar-refractivity contribution in [2.75, 3.05) is 6.61 Å². The summed E-state index contributed by atoms with van der Waals surface area (Å²) in [5.74, 6) is -0.820. The lowest BCUT2D eigenvalue weighted by atomic mass is 10.0. The highest BCUT2D eigenvalue weighted by Gasteiger charge is 2.28. The highest BCUT2D eigenvalue weighted by Crippen LogP contribution is 2.30. The standard InChI is InChI=1S/C13H12F4N2O/c1-7-12(8(2)19-18-7)10-4-3-9(5-11(10)14)20-6-13(15,16)17/h3-5H,6H2,1-2H3,(H,18,19). The third-order valence-corrected chi connectivity index (χ3v) is 2.74. The molecule has 0 atom stereocenters. The minimum atomic E-state index is -4.45. The number of halogens is 4. The average molecular weight is 288 g/mol. The molecule has 1 aromatic heterocycles. The Morgan fingerprint density at radius 2 is 1.95 bits per heavy atom. The normalized spacial score (nSPS) is 11.7. The summed E-state index contributed by atoms with van der Waals surface area (Å²) in [5.41, 5.74) is 2.17. The second kappa shape index (κ2) is 5.15. The molecular weight excluding hydrogens is 276 g/mol. The first-order valence-corrected chi connectivity index (χ1v) is 5.79. The third kappa shape index (κ3) is 3.09. The Kier molecular flexibility index (Phi) is 3.69. The van der Waals surface area contributed by atoms with E-state index >= 15 is 0 Å². The lowest BCUT2D eigenvalue weighted by Crippen LogP contribution is -2.19. The SMILES string of the molecule is Cc1n[nH]c(C)c1-c1ccc(OCC(F)(F)F)cc1F. The minimum absolute atomic E-state index is 0.164. The molecule has 0 unspecified atom stereocenters. The monoisotopic (exact) mass is 288 g/mol. The Morgan fingerprint density at radius 1 is 1.25 bits per heavy atom. The molecule has 0 bridgehead atoms. The van der Waals surface area contributed by atoms with Crippen LogP contribution in [0.4, 0.5) is 17.6 Å². The lowest BCUT2D eigenvalue weighted by molar-refractivity contribution is -0.153. The maximum Gasteiger partial charge on any atom is 0.422 e. The molecule has 3 nitrogen and oxygen atoms in total. The Balaban J connectivity index is 2.27. The van der Waals surface area contributed by atoms with Crippen LogP contribution in [0.25, 0.3) is 11.1 Å². The molecule has 0 aliphatic rings. The second-order valence-electron chi connectivity index (χ2n) is 4.35. The van der Waals surface area contributed by atoms with Crippen molar-refractivity contribution in [1.29, 1.82) is 0 Å². The highest BCUT2D eigenvalue weighted by atomic mass is 19.4. The van der Waals surface area contributed by atoms with E-state index < -0.39 is 18.6 Å². The van der Waals surface area contributed by atoms with Crippen molar-refractivity contribution in [2.45, 2.75) is 20.0 Å². The van der Waals surface area contributed by atoms with E-state index in [1.807, 2.05) is 0 Å². The second-order valence-corrected chi connectivity index (χ2v) is 4.35. The number of H-pyrrole nitrogens is 1. The summed E-state index contributed by atoms with van der Waals surface area (Å²) in [6, 6.07) is 3.62. The van der Waals surface area contributed by atoms with Gasteiger partial charge in [-0.1, -0.05) is 0 Å². The highest BCUT2D eigenvalue weighted by molar-refractivity contribution is 5.69. The Morgan fingerprint density at radius 3 is 2.45 bits per heavy atom. The van der Waals surface area contributed by atoms with Crippen LogP contribution >= 0.6 is 0 Å². The smallest absolute Gasteiger partial charge is 0.422 e. The molecule has 0 saturated heterocycles. The van der Waals surface area contributed by atoms with Crippen LogP contribution in [0, 0.1) is 19.7 Å². The van der Waals surface area contributed by atoms with Crippen molar-refractivity contribution in [3.8, 4) is 16.9 Å². The molecule has 7 heteroatoms. The summed E-state index contributed by atoms with van der Waals surface area (Å²) in [6.45, 7) is 2.00. The maximum absolute atomic E-state index is 14.0. The quantitative estimate of drug-likeness (QED) is 0.873. The van der Waals surface area contributed by atoms with Gasteiger partial charge in [-0.25, -0.2) is 4.39 Å². The molecule has 0 aliphatic carbocycles. The summed E-state index contributed by atoms with van der Waals surface area (Å²) in [5, 5.41) is 6.68. The van der Waals surface area contributed by atoms with Gasteiger partial charge < -0.3 is 4.74 Å². The van der Waals surface area contributed by atoms with Gasteiger partial charge in [-0.05, 0) is 26.0 Å². The van der Waals surface area contributed by atoms with E-state index in [4.69, 9.17) is 0 Å². The molecule has 20 heavy (non-hydrogen) atoms. The maximum atomic E-state index is 14.0. The van der Waals surface area contributed by atoms with Crippen LogP contribution in [-0.4, -0.2) is 23.0 Å². The number of nitrogens with zero attached hydrogens (tertiary/aromatic N) is 1. The zero-order chi connectivity index (χ0) is 14.9. The Labute approximate surface area is 112 Å². The molecular formula is C13H12F4N2O. The van der Waals surface area contributed by atoms with Crippen LogP contribution in [-0.2, 0) is 0 Å². The van der Waals surface area contributed by atoms with Gasteiger partial charge in [-0.15, -0.1) is 0 Å². The number of nitrogens with one attached hydrogen (secondary N) is 1. The van der Waals surface area contributed by atoms with Crippen LogP contribution in [0.5, 0.6) is 5.75 Å². The Hall–Kier alpha value is -2.05. The van der Waals surface area contributed by atoms with Crippen LogP contribution in [0.15, 0.2) is 18.2 Å². The van der Waals surface area contributed by atoms with Crippen LogP contribution in [0.1, 0.15) is 11.4 Å². The third-order valence-electron chi connectivity index (χ3n) is 2.74. The fourth-order valence-corrected chi connectivity index (χ4v) is 1.90. The average Bonchev–Trinajstić information content (AvgIpc) is 2.67. The van der Waals surface area contributed by atoms with E-state index in [2.05, 4.69) is 14.9 Å². The molecule has 0 fully saturated rings. The number of alkyl halides is 3. The van der Waals surface area contributed by atoms with Gasteiger partial charge in [0.05, 0.1) is 5.69 Å². The molecule has 1 heterocycles. The summed E-state index contributed by atoms with van der Waals surface area (Å²) >= 11 is 0. The molecule has 2 aromatic rings. The van der Waals surface area contributed by atoms with Gasteiger partial charge in [0.25, 0.3) is 0 Å². The number of aromatic nitrogens is 2. The van der Waals surface area contributed by atoms with Crippen molar-refractivity contribution in [1.82, 2.24) is 10.2 Å². The number of aromatic amines is 1. The van der Waals surface area contributed by atoms with E-state index in [1.54, 1.807) is 13.8 Å². The van der Waals surface area contributed by atoms with Gasteiger partial charge in [0.15, 0.2) is 6.61 Å². The van der Waals surface area contributed by atoms with Crippen molar-refractivity contribution in [3.05, 3.63) is 35.4 Å². The summed E-state index contributed by atoms with van der Waals surface area (Å²) in [7, 11) is 0. The zero-order valence-electron chi connectivity index (χ0n) is 10.8. The molecule has 0 aliphatic heterocycles. The van der Waals surface area contributed by atoms with Crippen molar-refractivity contribution >= 4 is 0 Å². The predicted molar refractivity (Wildman–Crippen MR) is 65.0 cm³/mol. The molecule has 1 aromatic carbocycles. The molecule has 0 amide bonds. The van der Waals surface area contributed by atoms with E-state index in [9.17, 15) is 17.6 Å². The molecule has 1 N–H and O–H groups in total. The van der Waals surface area contributed by atoms with E-state index in [-0.39, 0.29) is 11.3 Å². The molecule has 108 valence electrons. The van der Waals surface area contributed by atoms with Crippen LogP contribution in [0.3, 0.4) is 0 Å². The topological polar surface area (TPSA) is 37.9 Å². The summed E-state index contributed by atoms with van der Waals surface area (Å²) < 4.78 is 54.5. The molecule has 2 rings (SSSR count). The Bertz CT molecular complexity index is 600. The van der Waals surface area contributed by atoms with Crippen molar-refractivity contribution < 1.29 is 22.3 Å². The number of hydrogen-bond donors (Lipinski definition) is 1. The molecule has 0 saturated carbocycles. The van der Waals surface area contributed by atoms with Crippen LogP contribution < -0.4 is 4.74 Å². The zero-order valence-corrected chi connectivity index (χ0v) is 10.8. The summed E-state index contributed by atoms with van der Waals surface area (Å²) in [4.78, 5) is 0. The number of benzene rings is 1. The van der Waals surface area contributed by atoms with Gasteiger partial charge in [-0.3, -0.25) is 5.10 Å². The van der Waals surface area contributed by atoms with E-state index in [0.717, 1.165) is 6.07 Å². The van der Waals surface area contributed by atoms with Crippen LogP contribution in [0.2, 0.25) is 0 Å². The lowest BCUT2D eigenvalue weighted by Gasteiger charge is -2.10. The number of rotatable bonds is 3. The van der Waals surface area contributed by atoms with Crippen molar-refractivity contribution in [2.24, 2.45) is 0 Å². The van der Waals surface area contributed by atoms with Gasteiger partial charge in [0.1, 0.15) is 11.6 Å². The first kappa shape index (κ1) is 14.4. The number of aryl methyl sites for hydroxylation is 2. The fourth-order valence-electron chi connectivity index (χ4n) is 1.90. The fraction of sp³-hybridized carbons (Fsp3) is 0.308. The van der Waals surface area contributed by atoms with E-state index in [1.165, 1.54) is 12.1 Å². The predicted octanol–water partition coefficient (Wildman–Crippen LogP) is 3.77. The first-order valence-electron chi connectivity index (χ1n) is 5.79. The van der Waals surface area contributed by atoms with Crippen molar-refractivity contribution in [3.63, 3.8) is 0 Å². The van der Waals surface area contributed by atoms with Gasteiger partial charge in [-0.2, -0.15) is 18.3 Å². The summed E-state index contributed by atoms with van der Waals surface area (Å²) in [6.07, 6.45) is -4.45. The first-order chi connectivity index (χ1) is 9.28. The van der Waals surface area contributed by atoms with Gasteiger partial charge in [0.2, 0.25) is 0 Å². The number of hydrogen-bond acceptors (Lipinski definition) is 2. The van der Waals surface area contributed by atoms with Gasteiger partial charge in [0, 0.05) is 22.9 Å². The molecule has 0 radical (unpaired) electrons. The van der Waals surface area contributed by atoms with Gasteiger partial charge >= 0.3 is 6.18 Å². The number of ether oxygens (including phenoxy) is 1. The largest absolute Gasteiger partial charge is 0.484 e. The van der Waals surface area contributed by atoms with E-state index in [0.29, 0.717) is 17.0 Å². The minimum Gasteiger partial charge on any atom is -0.484 e. The molecule has 0 spiro atoms.